The van der Waals surface area contributed by atoms with Crippen LogP contribution in [-0.4, -0.2) is 4.57 Å². The fraction of sp³-hybridized carbons (Fsp3) is 0.0952. The third-order valence-electron chi connectivity index (χ3n) is 8.95. The number of fused-ring (bicyclic) bond motifs is 5. The van der Waals surface area contributed by atoms with E-state index in [1.807, 2.05) is 0 Å². The third kappa shape index (κ3) is 4.07. The van der Waals surface area contributed by atoms with Crippen molar-refractivity contribution in [2.45, 2.75) is 26.2 Å². The van der Waals surface area contributed by atoms with Gasteiger partial charge in [0.15, 0.2) is 0 Å². The third-order valence-corrected chi connectivity index (χ3v) is 8.95. The van der Waals surface area contributed by atoms with Crippen LogP contribution in [0.5, 0.6) is 0 Å². The van der Waals surface area contributed by atoms with Crippen molar-refractivity contribution in [1.29, 1.82) is 0 Å². The van der Waals surface area contributed by atoms with Gasteiger partial charge < -0.3 is 4.57 Å². The molecule has 0 fully saturated rings. The first-order chi connectivity index (χ1) is 21.0. The normalized spacial score (nSPS) is 12.1. The van der Waals surface area contributed by atoms with Crippen LogP contribution >= 0.6 is 0 Å². The molecule has 8 rings (SSSR count). The van der Waals surface area contributed by atoms with E-state index in [1.165, 1.54) is 76.9 Å². The number of aromatic nitrogens is 1. The molecular weight excluding hydrogens is 518 g/mol. The maximum atomic E-state index is 2.41. The summed E-state index contributed by atoms with van der Waals surface area (Å²) in [5.41, 5.74) is 10.2. The van der Waals surface area contributed by atoms with Gasteiger partial charge in [-0.2, -0.15) is 0 Å². The van der Waals surface area contributed by atoms with Crippen LogP contribution < -0.4 is 0 Å². The fourth-order valence-electron chi connectivity index (χ4n) is 6.87. The first-order valence-electron chi connectivity index (χ1n) is 15.1. The van der Waals surface area contributed by atoms with Gasteiger partial charge >= 0.3 is 0 Å². The molecule has 0 saturated carbocycles. The molecule has 7 aromatic carbocycles. The number of benzene rings is 7. The number of rotatable bonds is 3. The van der Waals surface area contributed by atoms with E-state index >= 15 is 0 Å². The molecule has 0 aliphatic heterocycles. The van der Waals surface area contributed by atoms with Gasteiger partial charge in [-0.25, -0.2) is 0 Å². The number of hydrogen-bond donors (Lipinski definition) is 0. The number of hydrogen-bond acceptors (Lipinski definition) is 0. The Morgan fingerprint density at radius 1 is 0.395 bits per heavy atom. The van der Waals surface area contributed by atoms with Crippen LogP contribution in [-0.2, 0) is 5.41 Å². The molecule has 0 atom stereocenters. The standard InChI is InChI=1S/C42H33N/c1-42(2,3)30-24-21-28(22-25-30)40-33-16-7-9-18-35(33)41(36-19-10-8-17-34(36)40)29-23-26-39-37(27-29)32-15-11-12-20-38(32)43(39)31-13-5-4-6-14-31/h4-27H,1-3H3. The van der Waals surface area contributed by atoms with E-state index in [0.29, 0.717) is 0 Å². The molecule has 1 aromatic heterocycles. The average Bonchev–Trinajstić information content (AvgIpc) is 3.37. The molecule has 43 heavy (non-hydrogen) atoms. The van der Waals surface area contributed by atoms with Gasteiger partial charge in [-0.3, -0.25) is 0 Å². The Morgan fingerprint density at radius 3 is 1.44 bits per heavy atom. The predicted molar refractivity (Wildman–Crippen MR) is 185 cm³/mol. The van der Waals surface area contributed by atoms with Crippen molar-refractivity contribution in [3.8, 4) is 27.9 Å². The van der Waals surface area contributed by atoms with Crippen molar-refractivity contribution >= 4 is 43.4 Å². The van der Waals surface area contributed by atoms with Gasteiger partial charge in [-0.15, -0.1) is 0 Å². The summed E-state index contributed by atoms with van der Waals surface area (Å²) in [4.78, 5) is 0. The van der Waals surface area contributed by atoms with Gasteiger partial charge in [0, 0.05) is 16.5 Å². The quantitative estimate of drug-likeness (QED) is 0.192. The smallest absolute Gasteiger partial charge is 0.0541 e. The van der Waals surface area contributed by atoms with E-state index in [0.717, 1.165) is 0 Å². The first-order valence-corrected chi connectivity index (χ1v) is 15.1. The lowest BCUT2D eigenvalue weighted by Gasteiger charge is -2.21. The Labute approximate surface area is 252 Å². The molecule has 0 saturated heterocycles. The SMILES string of the molecule is CC(C)(C)c1ccc(-c2c3ccccc3c(-c3ccc4c(c3)c3ccccc3n4-c3ccccc3)c3ccccc23)cc1. The molecule has 1 heteroatoms. The average molecular weight is 552 g/mol. The minimum Gasteiger partial charge on any atom is -0.309 e. The highest BCUT2D eigenvalue weighted by Gasteiger charge is 2.19. The van der Waals surface area contributed by atoms with E-state index in [2.05, 4.69) is 171 Å². The van der Waals surface area contributed by atoms with Crippen LogP contribution in [0.25, 0.3) is 71.3 Å². The molecule has 0 aliphatic rings. The van der Waals surface area contributed by atoms with Crippen LogP contribution in [0.4, 0.5) is 0 Å². The van der Waals surface area contributed by atoms with Gasteiger partial charge in [-0.1, -0.05) is 136 Å². The van der Waals surface area contributed by atoms with Crippen molar-refractivity contribution in [3.63, 3.8) is 0 Å². The van der Waals surface area contributed by atoms with E-state index < -0.39 is 0 Å². The molecule has 0 unspecified atom stereocenters. The largest absolute Gasteiger partial charge is 0.309 e. The second-order valence-corrected chi connectivity index (χ2v) is 12.6. The highest BCUT2D eigenvalue weighted by atomic mass is 15.0. The van der Waals surface area contributed by atoms with Crippen molar-refractivity contribution in [1.82, 2.24) is 4.57 Å². The van der Waals surface area contributed by atoms with Crippen LogP contribution in [0.1, 0.15) is 26.3 Å². The second-order valence-electron chi connectivity index (χ2n) is 12.6. The zero-order valence-corrected chi connectivity index (χ0v) is 24.8. The van der Waals surface area contributed by atoms with Gasteiger partial charge in [0.1, 0.15) is 0 Å². The lowest BCUT2D eigenvalue weighted by atomic mass is 9.83. The van der Waals surface area contributed by atoms with Gasteiger partial charge in [-0.05, 0) is 85.1 Å². The highest BCUT2D eigenvalue weighted by Crippen LogP contribution is 2.45. The maximum Gasteiger partial charge on any atom is 0.0541 e. The number of nitrogens with zero attached hydrogens (tertiary/aromatic N) is 1. The maximum absolute atomic E-state index is 2.41. The molecule has 0 N–H and O–H groups in total. The molecule has 0 bridgehead atoms. The van der Waals surface area contributed by atoms with Crippen molar-refractivity contribution in [2.75, 3.05) is 0 Å². The molecular formula is C42H33N. The minimum atomic E-state index is 0.120. The summed E-state index contributed by atoms with van der Waals surface area (Å²) in [7, 11) is 0. The Bertz CT molecular complexity index is 2240. The molecule has 0 amide bonds. The summed E-state index contributed by atoms with van der Waals surface area (Å²) in [5.74, 6) is 0. The predicted octanol–water partition coefficient (Wildman–Crippen LogP) is 11.7. The molecule has 8 aromatic rings. The highest BCUT2D eigenvalue weighted by molar-refractivity contribution is 6.22. The van der Waals surface area contributed by atoms with Crippen molar-refractivity contribution in [3.05, 3.63) is 151 Å². The monoisotopic (exact) mass is 551 g/mol. The Hall–Kier alpha value is -5.14. The van der Waals surface area contributed by atoms with E-state index in [4.69, 9.17) is 0 Å². The lowest BCUT2D eigenvalue weighted by molar-refractivity contribution is 0.590. The number of para-hydroxylation sites is 2. The summed E-state index contributed by atoms with van der Waals surface area (Å²) in [6, 6.07) is 53.5. The minimum absolute atomic E-state index is 0.120. The van der Waals surface area contributed by atoms with E-state index in [9.17, 15) is 0 Å². The molecule has 1 nitrogen and oxygen atoms in total. The summed E-state index contributed by atoms with van der Waals surface area (Å²) in [6.45, 7) is 6.82. The van der Waals surface area contributed by atoms with E-state index in [1.54, 1.807) is 0 Å². The van der Waals surface area contributed by atoms with Gasteiger partial charge in [0.05, 0.1) is 11.0 Å². The summed E-state index contributed by atoms with van der Waals surface area (Å²) >= 11 is 0. The van der Waals surface area contributed by atoms with Crippen LogP contribution in [0.3, 0.4) is 0 Å². The lowest BCUT2D eigenvalue weighted by Crippen LogP contribution is -2.10. The Morgan fingerprint density at radius 2 is 0.860 bits per heavy atom. The van der Waals surface area contributed by atoms with Crippen molar-refractivity contribution in [2.24, 2.45) is 0 Å². The van der Waals surface area contributed by atoms with Crippen LogP contribution in [0.15, 0.2) is 146 Å². The zero-order chi connectivity index (χ0) is 29.1. The summed E-state index contributed by atoms with van der Waals surface area (Å²) in [5, 5.41) is 7.67. The summed E-state index contributed by atoms with van der Waals surface area (Å²) < 4.78 is 2.38. The molecule has 206 valence electrons. The summed E-state index contributed by atoms with van der Waals surface area (Å²) in [6.07, 6.45) is 0. The molecule has 0 spiro atoms. The van der Waals surface area contributed by atoms with Gasteiger partial charge in [0.2, 0.25) is 0 Å². The fourth-order valence-corrected chi connectivity index (χ4v) is 6.87. The first kappa shape index (κ1) is 25.6. The Kier molecular flexibility index (Phi) is 5.77. The second kappa shape index (κ2) is 9.71. The van der Waals surface area contributed by atoms with Gasteiger partial charge in [0.25, 0.3) is 0 Å². The molecule has 0 aliphatic carbocycles. The van der Waals surface area contributed by atoms with E-state index in [-0.39, 0.29) is 5.41 Å². The van der Waals surface area contributed by atoms with Crippen LogP contribution in [0, 0.1) is 0 Å². The van der Waals surface area contributed by atoms with Crippen LogP contribution in [0.2, 0.25) is 0 Å². The molecule has 1 heterocycles. The molecule has 0 radical (unpaired) electrons. The Balaban J connectivity index is 1.42. The van der Waals surface area contributed by atoms with Crippen molar-refractivity contribution < 1.29 is 0 Å². The topological polar surface area (TPSA) is 4.93 Å². The zero-order valence-electron chi connectivity index (χ0n) is 24.8.